The highest BCUT2D eigenvalue weighted by Gasteiger charge is 2.18. The molecular formula is C22H25N3S. The molecule has 0 bridgehead atoms. The van der Waals surface area contributed by atoms with E-state index in [4.69, 9.17) is 0 Å². The summed E-state index contributed by atoms with van der Waals surface area (Å²) in [5.74, 6) is 0. The number of piperidine rings is 1. The Bertz CT molecular complexity index is 776. The molecule has 3 heterocycles. The number of hydrogen-bond donors (Lipinski definition) is 1. The molecule has 0 saturated carbocycles. The molecule has 4 rings (SSSR count). The molecule has 0 atom stereocenters. The van der Waals surface area contributed by atoms with Gasteiger partial charge in [0.25, 0.3) is 0 Å². The first-order valence-electron chi connectivity index (χ1n) is 9.34. The maximum atomic E-state index is 4.19. The molecule has 2 aromatic heterocycles. The number of nitrogens with zero attached hydrogens (tertiary/aromatic N) is 2. The van der Waals surface area contributed by atoms with E-state index >= 15 is 0 Å². The summed E-state index contributed by atoms with van der Waals surface area (Å²) in [6.45, 7) is 4.44. The molecule has 1 aliphatic heterocycles. The first-order chi connectivity index (χ1) is 12.9. The number of likely N-dealkylation sites (tertiary alicyclic amines) is 1. The summed E-state index contributed by atoms with van der Waals surface area (Å²) in [7, 11) is 0. The largest absolute Gasteiger partial charge is 0.310 e. The van der Waals surface area contributed by atoms with E-state index in [1.165, 1.54) is 47.5 Å². The van der Waals surface area contributed by atoms with Gasteiger partial charge in [-0.1, -0.05) is 36.4 Å². The summed E-state index contributed by atoms with van der Waals surface area (Å²) < 4.78 is 0. The van der Waals surface area contributed by atoms with Crippen molar-refractivity contribution in [1.82, 2.24) is 15.2 Å². The second-order valence-electron chi connectivity index (χ2n) is 6.95. The van der Waals surface area contributed by atoms with Crippen LogP contribution in [0.15, 0.2) is 66.3 Å². The Labute approximate surface area is 159 Å². The van der Waals surface area contributed by atoms with E-state index in [9.17, 15) is 0 Å². The van der Waals surface area contributed by atoms with Gasteiger partial charge >= 0.3 is 0 Å². The summed E-state index contributed by atoms with van der Waals surface area (Å²) in [5.41, 5.74) is 3.74. The van der Waals surface area contributed by atoms with Gasteiger partial charge in [-0.15, -0.1) is 11.3 Å². The molecule has 3 aromatic rings. The predicted molar refractivity (Wildman–Crippen MR) is 109 cm³/mol. The number of hydrogen-bond acceptors (Lipinski definition) is 4. The van der Waals surface area contributed by atoms with E-state index < -0.39 is 0 Å². The third-order valence-electron chi connectivity index (χ3n) is 5.09. The van der Waals surface area contributed by atoms with Gasteiger partial charge in [0.15, 0.2) is 0 Å². The molecule has 134 valence electrons. The molecule has 4 heteroatoms. The minimum absolute atomic E-state index is 0.632. The van der Waals surface area contributed by atoms with Gasteiger partial charge < -0.3 is 5.32 Å². The van der Waals surface area contributed by atoms with Gasteiger partial charge in [-0.2, -0.15) is 0 Å². The Morgan fingerprint density at radius 1 is 1.00 bits per heavy atom. The Balaban J connectivity index is 1.23. The number of pyridine rings is 1. The van der Waals surface area contributed by atoms with Crippen LogP contribution in [-0.2, 0) is 13.1 Å². The monoisotopic (exact) mass is 363 g/mol. The number of nitrogens with one attached hydrogen (secondary N) is 1. The van der Waals surface area contributed by atoms with Crippen molar-refractivity contribution >= 4 is 11.3 Å². The Kier molecular flexibility index (Phi) is 5.75. The summed E-state index contributed by atoms with van der Waals surface area (Å²) in [4.78, 5) is 8.25. The standard InChI is InChI=1S/C22H25N3S/c1-3-20(16-23-11-1)19-7-5-18(6-8-19)15-24-21-9-12-25(13-10-21)17-22-4-2-14-26-22/h1-8,11,14,16,21,24H,9-10,12-13,15,17H2. The van der Waals surface area contributed by atoms with Crippen molar-refractivity contribution in [2.45, 2.75) is 32.0 Å². The first-order valence-corrected chi connectivity index (χ1v) is 10.2. The van der Waals surface area contributed by atoms with Crippen LogP contribution in [0.5, 0.6) is 0 Å². The fourth-order valence-electron chi connectivity index (χ4n) is 3.53. The van der Waals surface area contributed by atoms with Gasteiger partial charge in [0.1, 0.15) is 0 Å². The molecule has 1 fully saturated rings. The van der Waals surface area contributed by atoms with E-state index in [0.717, 1.165) is 13.1 Å². The molecule has 1 aromatic carbocycles. The second kappa shape index (κ2) is 8.58. The Morgan fingerprint density at radius 2 is 1.85 bits per heavy atom. The van der Waals surface area contributed by atoms with Crippen molar-refractivity contribution in [1.29, 1.82) is 0 Å². The number of thiophene rings is 1. The van der Waals surface area contributed by atoms with Crippen molar-refractivity contribution in [3.63, 3.8) is 0 Å². The van der Waals surface area contributed by atoms with Gasteiger partial charge in [0, 0.05) is 36.4 Å². The number of benzene rings is 1. The van der Waals surface area contributed by atoms with Crippen LogP contribution < -0.4 is 5.32 Å². The maximum absolute atomic E-state index is 4.19. The van der Waals surface area contributed by atoms with E-state index in [1.54, 1.807) is 0 Å². The summed E-state index contributed by atoms with van der Waals surface area (Å²) in [6, 6.07) is 17.9. The maximum Gasteiger partial charge on any atom is 0.0346 e. The molecule has 0 amide bonds. The van der Waals surface area contributed by atoms with E-state index in [1.807, 2.05) is 29.8 Å². The van der Waals surface area contributed by atoms with Crippen LogP contribution in [0.1, 0.15) is 23.3 Å². The van der Waals surface area contributed by atoms with Gasteiger partial charge in [-0.05, 0) is 60.1 Å². The lowest BCUT2D eigenvalue weighted by atomic mass is 10.0. The lowest BCUT2D eigenvalue weighted by Gasteiger charge is -2.32. The summed E-state index contributed by atoms with van der Waals surface area (Å²) in [6.07, 6.45) is 6.20. The summed E-state index contributed by atoms with van der Waals surface area (Å²) in [5, 5.41) is 5.91. The van der Waals surface area contributed by atoms with Crippen molar-refractivity contribution in [3.05, 3.63) is 76.7 Å². The second-order valence-corrected chi connectivity index (χ2v) is 7.98. The van der Waals surface area contributed by atoms with E-state index in [-0.39, 0.29) is 0 Å². The zero-order chi connectivity index (χ0) is 17.6. The molecular weight excluding hydrogens is 338 g/mol. The number of aromatic nitrogens is 1. The van der Waals surface area contributed by atoms with Crippen LogP contribution in [0.2, 0.25) is 0 Å². The first kappa shape index (κ1) is 17.4. The van der Waals surface area contributed by atoms with Crippen LogP contribution in [0.25, 0.3) is 11.1 Å². The van der Waals surface area contributed by atoms with Crippen molar-refractivity contribution in [2.75, 3.05) is 13.1 Å². The number of rotatable bonds is 6. The molecule has 0 spiro atoms. The average molecular weight is 364 g/mol. The van der Waals surface area contributed by atoms with E-state index in [0.29, 0.717) is 6.04 Å². The fourth-order valence-corrected chi connectivity index (χ4v) is 4.28. The molecule has 1 N–H and O–H groups in total. The van der Waals surface area contributed by atoms with Gasteiger partial charge in [-0.3, -0.25) is 9.88 Å². The normalized spacial score (nSPS) is 16.0. The molecule has 3 nitrogen and oxygen atoms in total. The van der Waals surface area contributed by atoms with Crippen LogP contribution in [0, 0.1) is 0 Å². The zero-order valence-electron chi connectivity index (χ0n) is 15.0. The summed E-state index contributed by atoms with van der Waals surface area (Å²) >= 11 is 1.86. The molecule has 26 heavy (non-hydrogen) atoms. The average Bonchev–Trinajstić information content (AvgIpc) is 3.22. The molecule has 0 radical (unpaired) electrons. The third kappa shape index (κ3) is 4.58. The predicted octanol–water partition coefficient (Wildman–Crippen LogP) is 4.56. The minimum atomic E-state index is 0.632. The zero-order valence-corrected chi connectivity index (χ0v) is 15.8. The lowest BCUT2D eigenvalue weighted by Crippen LogP contribution is -2.41. The van der Waals surface area contributed by atoms with Gasteiger partial charge in [-0.25, -0.2) is 0 Å². The van der Waals surface area contributed by atoms with Gasteiger partial charge in [0.2, 0.25) is 0 Å². The molecule has 0 unspecified atom stereocenters. The SMILES string of the molecule is c1cncc(-c2ccc(CNC3CCN(Cc4cccs4)CC3)cc2)c1. The van der Waals surface area contributed by atoms with Gasteiger partial charge in [0.05, 0.1) is 0 Å². The smallest absolute Gasteiger partial charge is 0.0346 e. The highest BCUT2D eigenvalue weighted by Crippen LogP contribution is 2.19. The highest BCUT2D eigenvalue weighted by atomic mass is 32.1. The Morgan fingerprint density at radius 3 is 2.54 bits per heavy atom. The quantitative estimate of drug-likeness (QED) is 0.696. The van der Waals surface area contributed by atoms with Crippen LogP contribution in [0.3, 0.4) is 0 Å². The highest BCUT2D eigenvalue weighted by molar-refractivity contribution is 7.09. The molecule has 1 saturated heterocycles. The van der Waals surface area contributed by atoms with Crippen molar-refractivity contribution in [2.24, 2.45) is 0 Å². The lowest BCUT2D eigenvalue weighted by molar-refractivity contribution is 0.191. The molecule has 1 aliphatic rings. The third-order valence-corrected chi connectivity index (χ3v) is 5.95. The Hall–Kier alpha value is -2.01. The minimum Gasteiger partial charge on any atom is -0.310 e. The fraction of sp³-hybridized carbons (Fsp3) is 0.318. The van der Waals surface area contributed by atoms with Crippen molar-refractivity contribution < 1.29 is 0 Å². The van der Waals surface area contributed by atoms with Crippen molar-refractivity contribution in [3.8, 4) is 11.1 Å². The van der Waals surface area contributed by atoms with Crippen LogP contribution >= 0.6 is 11.3 Å². The van der Waals surface area contributed by atoms with Crippen LogP contribution in [0.4, 0.5) is 0 Å². The van der Waals surface area contributed by atoms with E-state index in [2.05, 4.69) is 63.0 Å². The molecule has 0 aliphatic carbocycles. The topological polar surface area (TPSA) is 28.2 Å². The van der Waals surface area contributed by atoms with Crippen LogP contribution in [-0.4, -0.2) is 29.0 Å².